The van der Waals surface area contributed by atoms with Gasteiger partial charge in [0, 0.05) is 23.7 Å². The molecule has 2 N–H and O–H groups in total. The molecule has 1 saturated carbocycles. The van der Waals surface area contributed by atoms with Gasteiger partial charge in [0.25, 0.3) is 0 Å². The van der Waals surface area contributed by atoms with Gasteiger partial charge >= 0.3 is 0 Å². The Labute approximate surface area is 129 Å². The smallest absolute Gasteiger partial charge is 0.242 e. The van der Waals surface area contributed by atoms with Gasteiger partial charge in [0.15, 0.2) is 0 Å². The highest BCUT2D eigenvalue weighted by atomic mass is 35.5. The number of sulfonamides is 1. The van der Waals surface area contributed by atoms with Gasteiger partial charge in [0.2, 0.25) is 10.0 Å². The van der Waals surface area contributed by atoms with Crippen LogP contribution in [0, 0.1) is 5.92 Å². The Morgan fingerprint density at radius 2 is 2.00 bits per heavy atom. The van der Waals surface area contributed by atoms with Crippen molar-refractivity contribution in [2.45, 2.75) is 30.7 Å². The minimum Gasteiger partial charge on any atom is -0.316 e. The molecule has 112 valence electrons. The minimum atomic E-state index is -3.59. The molecule has 1 aliphatic rings. The number of hydrogen-bond donors (Lipinski definition) is 2. The zero-order valence-electron chi connectivity index (χ0n) is 11.2. The average Bonchev–Trinajstić information content (AvgIpc) is 2.32. The molecule has 0 heterocycles. The SMILES string of the molecule is CNCc1c(Cl)ccc(S(=O)(=O)NCC2CCC2)c1Cl. The summed E-state index contributed by atoms with van der Waals surface area (Å²) in [5.74, 6) is 0.452. The van der Waals surface area contributed by atoms with Crippen molar-refractivity contribution in [3.8, 4) is 0 Å². The van der Waals surface area contributed by atoms with Crippen LogP contribution in [-0.2, 0) is 16.6 Å². The molecule has 0 aromatic heterocycles. The summed E-state index contributed by atoms with van der Waals surface area (Å²) in [6.45, 7) is 0.895. The quantitative estimate of drug-likeness (QED) is 0.839. The Hall–Kier alpha value is -0.330. The van der Waals surface area contributed by atoms with Crippen molar-refractivity contribution in [1.82, 2.24) is 10.0 Å². The second-order valence-electron chi connectivity index (χ2n) is 5.02. The highest BCUT2D eigenvalue weighted by molar-refractivity contribution is 7.89. The lowest BCUT2D eigenvalue weighted by Gasteiger charge is -2.25. The maximum Gasteiger partial charge on any atom is 0.242 e. The van der Waals surface area contributed by atoms with E-state index in [0.29, 0.717) is 29.6 Å². The van der Waals surface area contributed by atoms with Crippen LogP contribution in [0.25, 0.3) is 0 Å². The fraction of sp³-hybridized carbons (Fsp3) is 0.538. The van der Waals surface area contributed by atoms with Crippen LogP contribution in [0.4, 0.5) is 0 Å². The molecule has 0 radical (unpaired) electrons. The molecule has 0 spiro atoms. The second-order valence-corrected chi connectivity index (χ2v) is 7.54. The van der Waals surface area contributed by atoms with Gasteiger partial charge in [-0.25, -0.2) is 13.1 Å². The first-order valence-electron chi connectivity index (χ1n) is 6.57. The second kappa shape index (κ2) is 6.62. The van der Waals surface area contributed by atoms with Crippen LogP contribution < -0.4 is 10.0 Å². The molecule has 20 heavy (non-hydrogen) atoms. The number of rotatable bonds is 6. The first-order chi connectivity index (χ1) is 9.45. The van der Waals surface area contributed by atoms with Crippen LogP contribution >= 0.6 is 23.2 Å². The molecule has 0 aliphatic heterocycles. The molecule has 1 aliphatic carbocycles. The van der Waals surface area contributed by atoms with E-state index in [-0.39, 0.29) is 9.92 Å². The van der Waals surface area contributed by atoms with E-state index in [2.05, 4.69) is 10.0 Å². The maximum atomic E-state index is 12.3. The normalized spacial score (nSPS) is 16.1. The van der Waals surface area contributed by atoms with Crippen LogP contribution in [0.1, 0.15) is 24.8 Å². The van der Waals surface area contributed by atoms with E-state index in [1.807, 2.05) is 0 Å². The van der Waals surface area contributed by atoms with Crippen molar-refractivity contribution < 1.29 is 8.42 Å². The van der Waals surface area contributed by atoms with Crippen LogP contribution in [0.3, 0.4) is 0 Å². The zero-order chi connectivity index (χ0) is 14.8. The van der Waals surface area contributed by atoms with Crippen molar-refractivity contribution in [1.29, 1.82) is 0 Å². The summed E-state index contributed by atoms with van der Waals surface area (Å²) in [4.78, 5) is 0.0909. The van der Waals surface area contributed by atoms with Gasteiger partial charge in [-0.15, -0.1) is 0 Å². The van der Waals surface area contributed by atoms with Crippen molar-refractivity contribution in [2.24, 2.45) is 5.92 Å². The molecule has 4 nitrogen and oxygen atoms in total. The van der Waals surface area contributed by atoms with Crippen LogP contribution in [0.15, 0.2) is 17.0 Å². The summed E-state index contributed by atoms with van der Waals surface area (Å²) < 4.78 is 27.2. The van der Waals surface area contributed by atoms with E-state index in [4.69, 9.17) is 23.2 Å². The van der Waals surface area contributed by atoms with Crippen LogP contribution in [-0.4, -0.2) is 22.0 Å². The Balaban J connectivity index is 2.23. The predicted molar refractivity (Wildman–Crippen MR) is 81.8 cm³/mol. The third-order valence-corrected chi connectivity index (χ3v) is 5.94. The van der Waals surface area contributed by atoms with Crippen molar-refractivity contribution in [3.63, 3.8) is 0 Å². The van der Waals surface area contributed by atoms with E-state index in [1.165, 1.54) is 12.5 Å². The molecule has 0 bridgehead atoms. The van der Waals surface area contributed by atoms with Crippen molar-refractivity contribution >= 4 is 33.2 Å². The van der Waals surface area contributed by atoms with Gasteiger partial charge in [0.05, 0.1) is 5.02 Å². The number of halogens is 2. The molecule has 7 heteroatoms. The number of hydrogen-bond acceptors (Lipinski definition) is 3. The number of nitrogens with one attached hydrogen (secondary N) is 2. The fourth-order valence-corrected chi connectivity index (χ4v) is 4.15. The van der Waals surface area contributed by atoms with Gasteiger partial charge in [-0.05, 0) is 37.9 Å². The van der Waals surface area contributed by atoms with Crippen LogP contribution in [0.2, 0.25) is 10.0 Å². The molecule has 0 amide bonds. The predicted octanol–water partition coefficient (Wildman–Crippen LogP) is 2.79. The molecular weight excluding hydrogens is 319 g/mol. The van der Waals surface area contributed by atoms with Crippen LogP contribution in [0.5, 0.6) is 0 Å². The summed E-state index contributed by atoms with van der Waals surface area (Å²) in [5, 5.41) is 3.58. The van der Waals surface area contributed by atoms with Gasteiger partial charge in [-0.1, -0.05) is 29.6 Å². The monoisotopic (exact) mass is 336 g/mol. The van der Waals surface area contributed by atoms with E-state index >= 15 is 0 Å². The third kappa shape index (κ3) is 3.46. The summed E-state index contributed by atoms with van der Waals surface area (Å²) in [6, 6.07) is 3.02. The van der Waals surface area contributed by atoms with Crippen molar-refractivity contribution in [3.05, 3.63) is 27.7 Å². The topological polar surface area (TPSA) is 58.2 Å². The van der Waals surface area contributed by atoms with E-state index < -0.39 is 10.0 Å². The molecule has 1 aromatic rings. The van der Waals surface area contributed by atoms with Gasteiger partial charge in [-0.3, -0.25) is 0 Å². The first kappa shape index (κ1) is 16.0. The lowest BCUT2D eigenvalue weighted by atomic mass is 9.86. The third-order valence-electron chi connectivity index (χ3n) is 3.58. The Morgan fingerprint density at radius 3 is 2.55 bits per heavy atom. The molecule has 1 aromatic carbocycles. The minimum absolute atomic E-state index is 0.0909. The fourth-order valence-electron chi connectivity index (χ4n) is 2.12. The highest BCUT2D eigenvalue weighted by Gasteiger charge is 2.24. The number of benzene rings is 1. The Kier molecular flexibility index (Phi) is 5.31. The van der Waals surface area contributed by atoms with Crippen molar-refractivity contribution in [2.75, 3.05) is 13.6 Å². The van der Waals surface area contributed by atoms with E-state index in [1.54, 1.807) is 13.1 Å². The maximum absolute atomic E-state index is 12.3. The molecule has 1 fully saturated rings. The van der Waals surface area contributed by atoms with Gasteiger partial charge in [0.1, 0.15) is 4.90 Å². The molecule has 0 unspecified atom stereocenters. The van der Waals surface area contributed by atoms with E-state index in [0.717, 1.165) is 12.8 Å². The highest BCUT2D eigenvalue weighted by Crippen LogP contribution is 2.31. The molecular formula is C13H18Cl2N2O2S. The summed E-state index contributed by atoms with van der Waals surface area (Å²) in [5.41, 5.74) is 0.599. The van der Waals surface area contributed by atoms with Gasteiger partial charge < -0.3 is 5.32 Å². The molecule has 0 saturated heterocycles. The summed E-state index contributed by atoms with van der Waals surface area (Å²) in [7, 11) is -1.84. The standard InChI is InChI=1S/C13H18Cl2N2O2S/c1-16-8-10-11(14)5-6-12(13(10)15)20(18,19)17-7-9-3-2-4-9/h5-6,9,16-17H,2-4,7-8H2,1H3. The summed E-state index contributed by atoms with van der Waals surface area (Å²) >= 11 is 12.2. The van der Waals surface area contributed by atoms with E-state index in [9.17, 15) is 8.42 Å². The Bertz CT molecular complexity index is 586. The molecule has 0 atom stereocenters. The van der Waals surface area contributed by atoms with Gasteiger partial charge in [-0.2, -0.15) is 0 Å². The first-order valence-corrected chi connectivity index (χ1v) is 8.80. The lowest BCUT2D eigenvalue weighted by molar-refractivity contribution is 0.316. The molecule has 2 rings (SSSR count). The lowest BCUT2D eigenvalue weighted by Crippen LogP contribution is -2.32. The largest absolute Gasteiger partial charge is 0.316 e. The zero-order valence-corrected chi connectivity index (χ0v) is 13.6. The Morgan fingerprint density at radius 1 is 1.30 bits per heavy atom. The average molecular weight is 337 g/mol. The summed E-state index contributed by atoms with van der Waals surface area (Å²) in [6.07, 6.45) is 3.35.